The minimum absolute atomic E-state index is 0.121. The molecular formula is C24H25NO3S. The van der Waals surface area contributed by atoms with Gasteiger partial charge in [0.05, 0.1) is 20.3 Å². The lowest BCUT2D eigenvalue weighted by Gasteiger charge is -2.18. The largest absolute Gasteiger partial charge is 0.497 e. The molecule has 150 valence electrons. The average Bonchev–Trinajstić information content (AvgIpc) is 2.78. The zero-order valence-corrected chi connectivity index (χ0v) is 17.7. The van der Waals surface area contributed by atoms with E-state index in [2.05, 4.69) is 17.4 Å². The Kier molecular flexibility index (Phi) is 7.19. The van der Waals surface area contributed by atoms with E-state index in [4.69, 9.17) is 9.47 Å². The Morgan fingerprint density at radius 1 is 0.966 bits per heavy atom. The molecule has 3 aromatic rings. The summed E-state index contributed by atoms with van der Waals surface area (Å²) in [7, 11) is 3.23. The van der Waals surface area contributed by atoms with Crippen molar-refractivity contribution in [1.29, 1.82) is 0 Å². The first kappa shape index (κ1) is 20.8. The molecule has 0 aliphatic rings. The van der Waals surface area contributed by atoms with Gasteiger partial charge in [-0.3, -0.25) is 4.79 Å². The summed E-state index contributed by atoms with van der Waals surface area (Å²) in [4.78, 5) is 13.9. The molecule has 3 aromatic carbocycles. The first-order chi connectivity index (χ1) is 14.1. The van der Waals surface area contributed by atoms with E-state index < -0.39 is 0 Å². The summed E-state index contributed by atoms with van der Waals surface area (Å²) in [6.45, 7) is 1.93. The third-order valence-corrected chi connectivity index (χ3v) is 5.70. The standard InChI is InChI=1S/C24H25NO3S/c1-17(22-15-20(27-2)13-14-23(22)28-3)25-24(26)19-11-9-18(10-12-19)16-29-21-7-5-4-6-8-21/h4-15,17H,16H2,1-3H3,(H,25,26)/t17-/m1/s1. The number of benzene rings is 3. The Hall–Kier alpha value is -2.92. The van der Waals surface area contributed by atoms with Gasteiger partial charge >= 0.3 is 0 Å². The number of hydrogen-bond donors (Lipinski definition) is 1. The second kappa shape index (κ2) is 10.0. The highest BCUT2D eigenvalue weighted by atomic mass is 32.2. The fraction of sp³-hybridized carbons (Fsp3) is 0.208. The van der Waals surface area contributed by atoms with Crippen LogP contribution in [0.15, 0.2) is 77.7 Å². The number of carbonyl (C=O) groups is 1. The zero-order valence-electron chi connectivity index (χ0n) is 16.8. The molecule has 1 atom stereocenters. The van der Waals surface area contributed by atoms with Crippen molar-refractivity contribution in [2.75, 3.05) is 14.2 Å². The van der Waals surface area contributed by atoms with Gasteiger partial charge in [-0.05, 0) is 55.0 Å². The van der Waals surface area contributed by atoms with E-state index in [-0.39, 0.29) is 11.9 Å². The van der Waals surface area contributed by atoms with Gasteiger partial charge in [-0.25, -0.2) is 0 Å². The molecule has 0 saturated carbocycles. The lowest BCUT2D eigenvalue weighted by Crippen LogP contribution is -2.27. The normalized spacial score (nSPS) is 11.6. The number of ether oxygens (including phenoxy) is 2. The van der Waals surface area contributed by atoms with E-state index in [1.807, 2.05) is 67.6 Å². The van der Waals surface area contributed by atoms with Gasteiger partial charge in [-0.2, -0.15) is 0 Å². The van der Waals surface area contributed by atoms with Crippen LogP contribution in [0.3, 0.4) is 0 Å². The summed E-state index contributed by atoms with van der Waals surface area (Å²) in [6, 6.07) is 23.4. The first-order valence-corrected chi connectivity index (χ1v) is 10.4. The Morgan fingerprint density at radius 3 is 2.34 bits per heavy atom. The Morgan fingerprint density at radius 2 is 1.69 bits per heavy atom. The van der Waals surface area contributed by atoms with Crippen LogP contribution in [0.5, 0.6) is 11.5 Å². The van der Waals surface area contributed by atoms with Crippen LogP contribution < -0.4 is 14.8 Å². The van der Waals surface area contributed by atoms with E-state index in [0.29, 0.717) is 11.3 Å². The van der Waals surface area contributed by atoms with Crippen LogP contribution in [-0.2, 0) is 5.75 Å². The summed E-state index contributed by atoms with van der Waals surface area (Å²) in [5.74, 6) is 2.18. The third-order valence-electron chi connectivity index (χ3n) is 4.62. The molecule has 3 rings (SSSR count). The van der Waals surface area contributed by atoms with Crippen LogP contribution in [0.4, 0.5) is 0 Å². The van der Waals surface area contributed by atoms with Crippen LogP contribution in [-0.4, -0.2) is 20.1 Å². The van der Waals surface area contributed by atoms with Crippen molar-refractivity contribution >= 4 is 17.7 Å². The molecule has 0 heterocycles. The monoisotopic (exact) mass is 407 g/mol. The molecule has 0 spiro atoms. The summed E-state index contributed by atoms with van der Waals surface area (Å²) < 4.78 is 10.7. The number of thioether (sulfide) groups is 1. The molecule has 0 radical (unpaired) electrons. The predicted octanol–water partition coefficient (Wildman–Crippen LogP) is 5.49. The highest BCUT2D eigenvalue weighted by molar-refractivity contribution is 7.98. The van der Waals surface area contributed by atoms with Gasteiger partial charge in [0.2, 0.25) is 0 Å². The molecular weight excluding hydrogens is 382 g/mol. The molecule has 0 aliphatic heterocycles. The van der Waals surface area contributed by atoms with Crippen molar-refractivity contribution in [3.05, 3.63) is 89.5 Å². The van der Waals surface area contributed by atoms with Crippen LogP contribution in [0.1, 0.15) is 34.5 Å². The second-order valence-corrected chi connectivity index (χ2v) is 7.65. The van der Waals surface area contributed by atoms with E-state index in [1.54, 1.807) is 26.0 Å². The molecule has 4 nitrogen and oxygen atoms in total. The van der Waals surface area contributed by atoms with Crippen LogP contribution >= 0.6 is 11.8 Å². The number of methoxy groups -OCH3 is 2. The van der Waals surface area contributed by atoms with Crippen LogP contribution in [0.25, 0.3) is 0 Å². The highest BCUT2D eigenvalue weighted by Gasteiger charge is 2.16. The molecule has 0 unspecified atom stereocenters. The molecule has 0 bridgehead atoms. The van der Waals surface area contributed by atoms with Crippen molar-refractivity contribution in [1.82, 2.24) is 5.32 Å². The van der Waals surface area contributed by atoms with Gasteiger partial charge in [-0.15, -0.1) is 11.8 Å². The van der Waals surface area contributed by atoms with Crippen molar-refractivity contribution in [2.24, 2.45) is 0 Å². The molecule has 0 aromatic heterocycles. The average molecular weight is 408 g/mol. The SMILES string of the molecule is COc1ccc(OC)c([C@@H](C)NC(=O)c2ccc(CSc3ccccc3)cc2)c1. The van der Waals surface area contributed by atoms with Gasteiger partial charge in [-0.1, -0.05) is 30.3 Å². The van der Waals surface area contributed by atoms with Crippen molar-refractivity contribution in [3.63, 3.8) is 0 Å². The van der Waals surface area contributed by atoms with Gasteiger partial charge in [0.25, 0.3) is 5.91 Å². The van der Waals surface area contributed by atoms with Crippen molar-refractivity contribution in [2.45, 2.75) is 23.6 Å². The lowest BCUT2D eigenvalue weighted by atomic mass is 10.1. The zero-order chi connectivity index (χ0) is 20.6. The van der Waals surface area contributed by atoms with Gasteiger partial charge in [0.1, 0.15) is 11.5 Å². The first-order valence-electron chi connectivity index (χ1n) is 9.40. The highest BCUT2D eigenvalue weighted by Crippen LogP contribution is 2.29. The maximum Gasteiger partial charge on any atom is 0.251 e. The second-order valence-electron chi connectivity index (χ2n) is 6.60. The van der Waals surface area contributed by atoms with Crippen LogP contribution in [0, 0.1) is 0 Å². The maximum atomic E-state index is 12.7. The summed E-state index contributed by atoms with van der Waals surface area (Å²) in [5, 5.41) is 3.04. The predicted molar refractivity (Wildman–Crippen MR) is 118 cm³/mol. The number of hydrogen-bond acceptors (Lipinski definition) is 4. The molecule has 0 saturated heterocycles. The number of carbonyl (C=O) groups excluding carboxylic acids is 1. The molecule has 1 N–H and O–H groups in total. The summed E-state index contributed by atoms with van der Waals surface area (Å²) >= 11 is 1.78. The number of rotatable bonds is 8. The Balaban J connectivity index is 1.63. The maximum absolute atomic E-state index is 12.7. The number of amides is 1. The molecule has 5 heteroatoms. The minimum atomic E-state index is -0.221. The van der Waals surface area contributed by atoms with E-state index in [0.717, 1.165) is 17.1 Å². The van der Waals surface area contributed by atoms with Crippen molar-refractivity contribution in [3.8, 4) is 11.5 Å². The van der Waals surface area contributed by atoms with Crippen molar-refractivity contribution < 1.29 is 14.3 Å². The fourth-order valence-corrected chi connectivity index (χ4v) is 3.85. The minimum Gasteiger partial charge on any atom is -0.497 e. The van der Waals surface area contributed by atoms with E-state index in [9.17, 15) is 4.79 Å². The lowest BCUT2D eigenvalue weighted by molar-refractivity contribution is 0.0939. The molecule has 29 heavy (non-hydrogen) atoms. The van der Waals surface area contributed by atoms with Gasteiger partial charge in [0.15, 0.2) is 0 Å². The Bertz CT molecular complexity index is 942. The smallest absolute Gasteiger partial charge is 0.251 e. The fourth-order valence-electron chi connectivity index (χ4n) is 2.97. The summed E-state index contributed by atoms with van der Waals surface area (Å²) in [6.07, 6.45) is 0. The van der Waals surface area contributed by atoms with Gasteiger partial charge in [0, 0.05) is 21.8 Å². The molecule has 1 amide bonds. The summed E-state index contributed by atoms with van der Waals surface area (Å²) in [5.41, 5.74) is 2.68. The van der Waals surface area contributed by atoms with Crippen LogP contribution in [0.2, 0.25) is 0 Å². The van der Waals surface area contributed by atoms with E-state index in [1.165, 1.54) is 10.5 Å². The van der Waals surface area contributed by atoms with E-state index >= 15 is 0 Å². The molecule has 0 aliphatic carbocycles. The Labute approximate surface area is 176 Å². The molecule has 0 fully saturated rings. The number of nitrogens with one attached hydrogen (secondary N) is 1. The quantitative estimate of drug-likeness (QED) is 0.502. The van der Waals surface area contributed by atoms with Gasteiger partial charge < -0.3 is 14.8 Å². The third kappa shape index (κ3) is 5.55. The topological polar surface area (TPSA) is 47.6 Å².